The van der Waals surface area contributed by atoms with E-state index in [0.717, 1.165) is 25.0 Å². The van der Waals surface area contributed by atoms with Crippen LogP contribution in [-0.4, -0.2) is 23.9 Å². The third-order valence-corrected chi connectivity index (χ3v) is 3.90. The molecule has 0 aliphatic heterocycles. The van der Waals surface area contributed by atoms with Crippen molar-refractivity contribution in [2.75, 3.05) is 7.05 Å². The van der Waals surface area contributed by atoms with Gasteiger partial charge in [-0.3, -0.25) is 4.79 Å². The van der Waals surface area contributed by atoms with Crippen molar-refractivity contribution >= 4 is 21.8 Å². The van der Waals surface area contributed by atoms with Gasteiger partial charge in [0.05, 0.1) is 11.1 Å². The zero-order chi connectivity index (χ0) is 15.5. The predicted octanol–water partition coefficient (Wildman–Crippen LogP) is 4.73. The van der Waals surface area contributed by atoms with Gasteiger partial charge in [-0.05, 0) is 47.5 Å². The van der Waals surface area contributed by atoms with Crippen LogP contribution in [0.2, 0.25) is 0 Å². The molecule has 0 bridgehead atoms. The molecule has 1 aromatic carbocycles. The van der Waals surface area contributed by atoms with E-state index >= 15 is 0 Å². The van der Waals surface area contributed by atoms with E-state index in [1.807, 2.05) is 13.8 Å². The molecule has 0 fully saturated rings. The molecular weight excluding hydrogens is 335 g/mol. The Morgan fingerprint density at radius 3 is 2.50 bits per heavy atom. The first-order chi connectivity index (χ1) is 9.18. The van der Waals surface area contributed by atoms with E-state index in [-0.39, 0.29) is 11.6 Å². The molecule has 20 heavy (non-hydrogen) atoms. The van der Waals surface area contributed by atoms with Crippen LogP contribution in [0.3, 0.4) is 0 Å². The maximum atomic E-state index is 12.7. The van der Waals surface area contributed by atoms with Gasteiger partial charge in [0, 0.05) is 17.6 Å². The third kappa shape index (κ3) is 3.98. The van der Waals surface area contributed by atoms with Crippen LogP contribution in [0.15, 0.2) is 22.7 Å². The van der Waals surface area contributed by atoms with Crippen LogP contribution < -0.4 is 0 Å². The summed E-state index contributed by atoms with van der Waals surface area (Å²) in [6, 6.07) is 3.08. The Bertz CT molecular complexity index is 488. The van der Waals surface area contributed by atoms with Gasteiger partial charge in [-0.25, -0.2) is 0 Å². The number of rotatable bonds is 4. The van der Waals surface area contributed by atoms with Crippen LogP contribution in [0.5, 0.6) is 0 Å². The fourth-order valence-electron chi connectivity index (χ4n) is 1.87. The lowest BCUT2D eigenvalue weighted by atomic mass is 10.1. The first-order valence-corrected chi connectivity index (χ1v) is 7.11. The Labute approximate surface area is 125 Å². The summed E-state index contributed by atoms with van der Waals surface area (Å²) in [5.41, 5.74) is -0.786. The van der Waals surface area contributed by atoms with Gasteiger partial charge < -0.3 is 4.90 Å². The molecule has 1 rings (SSSR count). The van der Waals surface area contributed by atoms with E-state index in [1.54, 1.807) is 7.05 Å². The van der Waals surface area contributed by atoms with Crippen molar-refractivity contribution in [3.63, 3.8) is 0 Å². The number of carbonyl (C=O) groups excluding carboxylic acids is 1. The second-order valence-electron chi connectivity index (χ2n) is 4.75. The summed E-state index contributed by atoms with van der Waals surface area (Å²) in [7, 11) is 1.61. The molecule has 0 saturated heterocycles. The van der Waals surface area contributed by atoms with Crippen LogP contribution >= 0.6 is 15.9 Å². The largest absolute Gasteiger partial charge is 0.416 e. The highest BCUT2D eigenvalue weighted by Gasteiger charge is 2.32. The van der Waals surface area contributed by atoms with Crippen molar-refractivity contribution < 1.29 is 18.0 Å². The van der Waals surface area contributed by atoms with Gasteiger partial charge in [0.1, 0.15) is 0 Å². The molecule has 0 radical (unpaired) electrons. The van der Waals surface area contributed by atoms with Gasteiger partial charge >= 0.3 is 6.18 Å². The summed E-state index contributed by atoms with van der Waals surface area (Å²) in [5, 5.41) is 0. The quantitative estimate of drug-likeness (QED) is 0.767. The summed E-state index contributed by atoms with van der Waals surface area (Å²) in [5.74, 6) is -0.413. The highest BCUT2D eigenvalue weighted by molar-refractivity contribution is 9.10. The van der Waals surface area contributed by atoms with Gasteiger partial charge in [-0.1, -0.05) is 13.3 Å². The number of benzene rings is 1. The fraction of sp³-hybridized carbons (Fsp3) is 0.500. The van der Waals surface area contributed by atoms with Gasteiger partial charge in [0.2, 0.25) is 0 Å². The summed E-state index contributed by atoms with van der Waals surface area (Å²) in [4.78, 5) is 13.8. The predicted molar refractivity (Wildman–Crippen MR) is 75.6 cm³/mol. The second-order valence-corrected chi connectivity index (χ2v) is 5.60. The second kappa shape index (κ2) is 6.61. The Kier molecular flexibility index (Phi) is 5.62. The molecule has 0 spiro atoms. The molecule has 1 amide bonds. The molecule has 1 aromatic rings. The Morgan fingerprint density at radius 2 is 2.00 bits per heavy atom. The molecule has 0 aliphatic rings. The number of halogens is 4. The van der Waals surface area contributed by atoms with Crippen molar-refractivity contribution in [3.05, 3.63) is 33.8 Å². The Balaban J connectivity index is 3.09. The van der Waals surface area contributed by atoms with Gasteiger partial charge in [-0.2, -0.15) is 13.2 Å². The maximum Gasteiger partial charge on any atom is 0.416 e. The number of nitrogens with zero attached hydrogens (tertiary/aromatic N) is 1. The van der Waals surface area contributed by atoms with Gasteiger partial charge in [-0.15, -0.1) is 0 Å². The zero-order valence-corrected chi connectivity index (χ0v) is 13.2. The average Bonchev–Trinajstić information content (AvgIpc) is 2.36. The molecule has 0 N–H and O–H groups in total. The highest BCUT2D eigenvalue weighted by Crippen LogP contribution is 2.32. The molecule has 0 aromatic heterocycles. The van der Waals surface area contributed by atoms with Crippen LogP contribution in [-0.2, 0) is 6.18 Å². The smallest absolute Gasteiger partial charge is 0.339 e. The van der Waals surface area contributed by atoms with Crippen LogP contribution in [0.25, 0.3) is 0 Å². The molecule has 0 saturated carbocycles. The molecule has 112 valence electrons. The summed E-state index contributed by atoms with van der Waals surface area (Å²) < 4.78 is 38.5. The molecular formula is C14H17BrF3NO. The standard InChI is InChI=1S/C14H17BrF3NO/c1-4-5-9(2)19(3)13(20)11-8-10(14(16,17)18)6-7-12(11)15/h6-9H,4-5H2,1-3H3. The minimum absolute atomic E-state index is 0.0195. The van der Waals surface area contributed by atoms with Crippen LogP contribution in [0.4, 0.5) is 13.2 Å². The number of amides is 1. The first kappa shape index (κ1) is 17.0. The SMILES string of the molecule is CCCC(C)N(C)C(=O)c1cc(C(F)(F)F)ccc1Br. The van der Waals surface area contributed by atoms with Gasteiger partial charge in [0.15, 0.2) is 0 Å². The monoisotopic (exact) mass is 351 g/mol. The first-order valence-electron chi connectivity index (χ1n) is 6.32. The molecule has 6 heteroatoms. The van der Waals surface area contributed by atoms with Crippen molar-refractivity contribution in [2.45, 2.75) is 38.9 Å². The Hall–Kier alpha value is -1.04. The van der Waals surface area contributed by atoms with E-state index in [2.05, 4.69) is 15.9 Å². The van der Waals surface area contributed by atoms with Crippen LogP contribution in [0, 0.1) is 0 Å². The summed E-state index contributed by atoms with van der Waals surface area (Å²) in [6.45, 7) is 3.87. The lowest BCUT2D eigenvalue weighted by Crippen LogP contribution is -2.35. The lowest BCUT2D eigenvalue weighted by molar-refractivity contribution is -0.137. The van der Waals surface area contributed by atoms with E-state index < -0.39 is 17.6 Å². The highest BCUT2D eigenvalue weighted by atomic mass is 79.9. The minimum Gasteiger partial charge on any atom is -0.339 e. The molecule has 0 heterocycles. The van der Waals surface area contributed by atoms with Crippen molar-refractivity contribution in [1.29, 1.82) is 0 Å². The van der Waals surface area contributed by atoms with E-state index in [4.69, 9.17) is 0 Å². The van der Waals surface area contributed by atoms with Crippen molar-refractivity contribution in [1.82, 2.24) is 4.90 Å². The minimum atomic E-state index is -4.46. The van der Waals surface area contributed by atoms with Crippen molar-refractivity contribution in [3.8, 4) is 0 Å². The lowest BCUT2D eigenvalue weighted by Gasteiger charge is -2.25. The number of alkyl halides is 3. The molecule has 1 atom stereocenters. The molecule has 0 aliphatic carbocycles. The summed E-state index contributed by atoms with van der Waals surface area (Å²) in [6.07, 6.45) is -2.75. The van der Waals surface area contributed by atoms with E-state index in [1.165, 1.54) is 11.0 Å². The summed E-state index contributed by atoms with van der Waals surface area (Å²) >= 11 is 3.14. The topological polar surface area (TPSA) is 20.3 Å². The van der Waals surface area contributed by atoms with Crippen LogP contribution in [0.1, 0.15) is 42.6 Å². The van der Waals surface area contributed by atoms with Crippen molar-refractivity contribution in [2.24, 2.45) is 0 Å². The third-order valence-electron chi connectivity index (χ3n) is 3.21. The molecule has 2 nitrogen and oxygen atoms in total. The number of hydrogen-bond acceptors (Lipinski definition) is 1. The Morgan fingerprint density at radius 1 is 1.40 bits per heavy atom. The zero-order valence-electron chi connectivity index (χ0n) is 11.6. The fourth-order valence-corrected chi connectivity index (χ4v) is 2.28. The van der Waals surface area contributed by atoms with Gasteiger partial charge in [0.25, 0.3) is 5.91 Å². The van der Waals surface area contributed by atoms with E-state index in [9.17, 15) is 18.0 Å². The average molecular weight is 352 g/mol. The normalized spacial score (nSPS) is 13.2. The molecule has 1 unspecified atom stereocenters. The number of hydrogen-bond donors (Lipinski definition) is 0. The number of carbonyl (C=O) groups is 1. The maximum absolute atomic E-state index is 12.7. The van der Waals surface area contributed by atoms with E-state index in [0.29, 0.717) is 4.47 Å².